The molecule has 2 aliphatic heterocycles. The van der Waals surface area contributed by atoms with Gasteiger partial charge in [-0.05, 0) is 56.9 Å². The molecule has 0 bridgehead atoms. The molecule has 2 atom stereocenters. The van der Waals surface area contributed by atoms with Crippen LogP contribution in [0.15, 0.2) is 0 Å². The molecule has 0 aromatic carbocycles. The first-order valence-electron chi connectivity index (χ1n) is 9.87. The molecule has 0 unspecified atom stereocenters. The second-order valence-electron chi connectivity index (χ2n) is 8.14. The van der Waals surface area contributed by atoms with Crippen molar-refractivity contribution in [2.75, 3.05) is 32.7 Å². The van der Waals surface area contributed by atoms with Crippen LogP contribution < -0.4 is 5.73 Å². The highest BCUT2D eigenvalue weighted by molar-refractivity contribution is 5.81. The molecule has 2 amide bonds. The second kappa shape index (κ2) is 7.85. The van der Waals surface area contributed by atoms with Gasteiger partial charge in [-0.1, -0.05) is 13.3 Å². The van der Waals surface area contributed by atoms with E-state index in [1.807, 2.05) is 4.90 Å². The van der Waals surface area contributed by atoms with Gasteiger partial charge in [-0.25, -0.2) is 0 Å². The van der Waals surface area contributed by atoms with Crippen LogP contribution in [0.3, 0.4) is 0 Å². The number of carbonyl (C=O) groups is 2. The third-order valence-corrected chi connectivity index (χ3v) is 6.53. The lowest BCUT2D eigenvalue weighted by molar-refractivity contribution is -0.143. The van der Waals surface area contributed by atoms with E-state index in [0.717, 1.165) is 77.0 Å². The average molecular weight is 335 g/mol. The summed E-state index contributed by atoms with van der Waals surface area (Å²) < 4.78 is 0. The summed E-state index contributed by atoms with van der Waals surface area (Å²) in [5.74, 6) is 1.99. The van der Waals surface area contributed by atoms with Crippen molar-refractivity contribution in [1.29, 1.82) is 0 Å². The number of nitrogens with zero attached hydrogens (tertiary/aromatic N) is 2. The highest BCUT2D eigenvalue weighted by atomic mass is 16.2. The molecule has 0 radical (unpaired) electrons. The van der Waals surface area contributed by atoms with Crippen LogP contribution in [0.25, 0.3) is 0 Å². The Labute approximate surface area is 145 Å². The first-order chi connectivity index (χ1) is 11.6. The van der Waals surface area contributed by atoms with Gasteiger partial charge in [0.05, 0.1) is 0 Å². The van der Waals surface area contributed by atoms with Gasteiger partial charge < -0.3 is 15.5 Å². The summed E-state index contributed by atoms with van der Waals surface area (Å²) in [7, 11) is 0. The number of piperidine rings is 2. The first-order valence-corrected chi connectivity index (χ1v) is 9.87. The van der Waals surface area contributed by atoms with E-state index in [1.165, 1.54) is 0 Å². The Balaban J connectivity index is 1.48. The number of amides is 2. The van der Waals surface area contributed by atoms with E-state index in [0.29, 0.717) is 24.3 Å². The zero-order valence-electron chi connectivity index (χ0n) is 15.1. The molecular formula is C19H33N3O2. The first kappa shape index (κ1) is 17.7. The van der Waals surface area contributed by atoms with Crippen molar-refractivity contribution in [3.05, 3.63) is 0 Å². The molecule has 24 heavy (non-hydrogen) atoms. The summed E-state index contributed by atoms with van der Waals surface area (Å²) in [6, 6.07) is 0. The second-order valence-corrected chi connectivity index (χ2v) is 8.14. The van der Waals surface area contributed by atoms with Gasteiger partial charge in [-0.3, -0.25) is 9.59 Å². The van der Waals surface area contributed by atoms with Gasteiger partial charge in [0.15, 0.2) is 0 Å². The largest absolute Gasteiger partial charge is 0.342 e. The minimum absolute atomic E-state index is 0.122. The van der Waals surface area contributed by atoms with Crippen LogP contribution in [0.5, 0.6) is 0 Å². The van der Waals surface area contributed by atoms with E-state index in [-0.39, 0.29) is 11.8 Å². The van der Waals surface area contributed by atoms with E-state index >= 15 is 0 Å². The number of rotatable bonds is 3. The van der Waals surface area contributed by atoms with Crippen molar-refractivity contribution in [2.45, 2.75) is 51.9 Å². The Morgan fingerprint density at radius 3 is 2.08 bits per heavy atom. The predicted octanol–water partition coefficient (Wildman–Crippen LogP) is 1.86. The fourth-order valence-electron chi connectivity index (χ4n) is 4.71. The minimum Gasteiger partial charge on any atom is -0.342 e. The Bertz CT molecular complexity index is 452. The van der Waals surface area contributed by atoms with Gasteiger partial charge in [0.2, 0.25) is 11.8 Å². The maximum absolute atomic E-state index is 12.8. The van der Waals surface area contributed by atoms with Gasteiger partial charge in [-0.2, -0.15) is 0 Å². The predicted molar refractivity (Wildman–Crippen MR) is 94.2 cm³/mol. The highest BCUT2D eigenvalue weighted by Crippen LogP contribution is 2.33. The minimum atomic E-state index is 0.122. The summed E-state index contributed by atoms with van der Waals surface area (Å²) in [6.07, 6.45) is 7.13. The van der Waals surface area contributed by atoms with Crippen LogP contribution >= 0.6 is 0 Å². The Morgan fingerprint density at radius 2 is 1.46 bits per heavy atom. The molecule has 3 aliphatic rings. The zero-order chi connectivity index (χ0) is 17.1. The van der Waals surface area contributed by atoms with E-state index in [2.05, 4.69) is 11.8 Å². The lowest BCUT2D eigenvalue weighted by Crippen LogP contribution is -2.48. The summed E-state index contributed by atoms with van der Waals surface area (Å²) in [5.41, 5.74) is 5.82. The van der Waals surface area contributed by atoms with Crippen molar-refractivity contribution < 1.29 is 9.59 Å². The summed E-state index contributed by atoms with van der Waals surface area (Å²) in [6.45, 7) is 6.21. The topological polar surface area (TPSA) is 66.6 Å². The number of carbonyl (C=O) groups excluding carboxylic acids is 2. The molecule has 5 heteroatoms. The van der Waals surface area contributed by atoms with E-state index in [1.54, 1.807) is 0 Å². The maximum Gasteiger partial charge on any atom is 0.226 e. The van der Waals surface area contributed by atoms with E-state index in [9.17, 15) is 9.59 Å². The van der Waals surface area contributed by atoms with Crippen molar-refractivity contribution in [3.63, 3.8) is 0 Å². The molecule has 5 nitrogen and oxygen atoms in total. The smallest absolute Gasteiger partial charge is 0.226 e. The third kappa shape index (κ3) is 3.76. The van der Waals surface area contributed by atoms with Crippen molar-refractivity contribution in [2.24, 2.45) is 29.4 Å². The zero-order valence-corrected chi connectivity index (χ0v) is 15.1. The van der Waals surface area contributed by atoms with Gasteiger partial charge in [0.1, 0.15) is 0 Å². The van der Waals surface area contributed by atoms with Gasteiger partial charge in [0, 0.05) is 38.0 Å². The average Bonchev–Trinajstić information content (AvgIpc) is 3.10. The Hall–Kier alpha value is -1.10. The van der Waals surface area contributed by atoms with Gasteiger partial charge >= 0.3 is 0 Å². The van der Waals surface area contributed by atoms with Crippen molar-refractivity contribution in [1.82, 2.24) is 9.80 Å². The quantitative estimate of drug-likeness (QED) is 0.856. The fraction of sp³-hybridized carbons (Fsp3) is 0.895. The molecule has 1 saturated carbocycles. The summed E-state index contributed by atoms with van der Waals surface area (Å²) in [4.78, 5) is 29.5. The molecule has 2 saturated heterocycles. The monoisotopic (exact) mass is 335 g/mol. The molecule has 0 spiro atoms. The Kier molecular flexibility index (Phi) is 5.80. The molecule has 0 aromatic heterocycles. The van der Waals surface area contributed by atoms with Crippen LogP contribution in [0.1, 0.15) is 51.9 Å². The van der Waals surface area contributed by atoms with Crippen molar-refractivity contribution >= 4 is 11.8 Å². The molecule has 1 aliphatic carbocycles. The number of nitrogens with two attached hydrogens (primary N) is 1. The molecule has 136 valence electrons. The van der Waals surface area contributed by atoms with Crippen LogP contribution in [-0.2, 0) is 9.59 Å². The summed E-state index contributed by atoms with van der Waals surface area (Å²) in [5, 5.41) is 0. The molecule has 3 rings (SSSR count). The molecule has 2 heterocycles. The fourth-order valence-corrected chi connectivity index (χ4v) is 4.71. The standard InChI is InChI=1S/C19H33N3O2/c1-14-5-9-21(10-6-14)18(23)15-7-11-22(12-8-15)19(24)17-4-2-3-16(17)13-20/h14-17H,2-13,20H2,1H3/t16-,17-/m1/s1. The van der Waals surface area contributed by atoms with Crippen LogP contribution in [0.2, 0.25) is 0 Å². The number of hydrogen-bond acceptors (Lipinski definition) is 3. The van der Waals surface area contributed by atoms with Crippen LogP contribution in [-0.4, -0.2) is 54.3 Å². The van der Waals surface area contributed by atoms with Crippen LogP contribution in [0, 0.1) is 23.7 Å². The summed E-state index contributed by atoms with van der Waals surface area (Å²) >= 11 is 0. The van der Waals surface area contributed by atoms with Gasteiger partial charge in [0.25, 0.3) is 0 Å². The SMILES string of the molecule is CC1CCN(C(=O)C2CCN(C(=O)[C@@H]3CCC[C@@H]3CN)CC2)CC1. The Morgan fingerprint density at radius 1 is 0.875 bits per heavy atom. The van der Waals surface area contributed by atoms with E-state index in [4.69, 9.17) is 5.73 Å². The normalized spacial score (nSPS) is 29.9. The lowest BCUT2D eigenvalue weighted by Gasteiger charge is -2.37. The molecule has 3 fully saturated rings. The maximum atomic E-state index is 12.8. The lowest BCUT2D eigenvalue weighted by atomic mass is 9.90. The van der Waals surface area contributed by atoms with Crippen molar-refractivity contribution in [3.8, 4) is 0 Å². The third-order valence-electron chi connectivity index (χ3n) is 6.53. The number of likely N-dealkylation sites (tertiary alicyclic amines) is 2. The highest BCUT2D eigenvalue weighted by Gasteiger charge is 2.37. The van der Waals surface area contributed by atoms with Crippen LogP contribution in [0.4, 0.5) is 0 Å². The van der Waals surface area contributed by atoms with E-state index < -0.39 is 0 Å². The van der Waals surface area contributed by atoms with Gasteiger partial charge in [-0.15, -0.1) is 0 Å². The molecule has 2 N–H and O–H groups in total. The molecular weight excluding hydrogens is 302 g/mol. The molecule has 0 aromatic rings. The number of hydrogen-bond donors (Lipinski definition) is 1.